The van der Waals surface area contributed by atoms with E-state index in [-0.39, 0.29) is 28.2 Å². The summed E-state index contributed by atoms with van der Waals surface area (Å²) in [6, 6.07) is 0. The van der Waals surface area contributed by atoms with Crippen LogP contribution in [0.4, 0.5) is 11.6 Å². The van der Waals surface area contributed by atoms with E-state index in [0.717, 1.165) is 6.33 Å². The average molecular weight is 339 g/mol. The van der Waals surface area contributed by atoms with Crippen molar-refractivity contribution in [2.45, 2.75) is 24.5 Å². The lowest BCUT2D eigenvalue weighted by Crippen LogP contribution is -2.33. The van der Waals surface area contributed by atoms with Gasteiger partial charge in [0.25, 0.3) is 5.91 Å². The van der Waals surface area contributed by atoms with E-state index in [2.05, 4.69) is 15.4 Å². The number of anilines is 2. The number of carbonyl (C=O) groups is 1. The van der Waals surface area contributed by atoms with Crippen LogP contribution in [0, 0.1) is 0 Å². The number of hydrazine groups is 1. The van der Waals surface area contributed by atoms with Crippen molar-refractivity contribution < 1.29 is 24.9 Å². The number of carbonyl (C=O) groups excluding carboxylic acids is 1. The first kappa shape index (κ1) is 16.4. The molecule has 1 fully saturated rings. The van der Waals surface area contributed by atoms with E-state index in [1.165, 1.54) is 4.57 Å². The van der Waals surface area contributed by atoms with Crippen molar-refractivity contribution >= 4 is 28.6 Å². The fraction of sp³-hybridized carbons (Fsp3) is 0.417. The van der Waals surface area contributed by atoms with Crippen LogP contribution in [-0.2, 0) is 4.74 Å². The number of nitrogens with one attached hydrogen (secondary N) is 1. The lowest BCUT2D eigenvalue weighted by molar-refractivity contribution is -0.0499. The highest BCUT2D eigenvalue weighted by atomic mass is 16.6. The number of nitrogens with zero attached hydrogens (tertiary/aromatic N) is 3. The fourth-order valence-electron chi connectivity index (χ4n) is 2.88. The van der Waals surface area contributed by atoms with E-state index in [9.17, 15) is 20.1 Å². The van der Waals surface area contributed by atoms with Crippen LogP contribution >= 0.6 is 0 Å². The molecule has 10 N–H and O–H groups in total. The Hall–Kier alpha value is -2.51. The van der Waals surface area contributed by atoms with Crippen LogP contribution < -0.4 is 22.7 Å². The Morgan fingerprint density at radius 1 is 1.38 bits per heavy atom. The molecule has 0 aromatic carbocycles. The van der Waals surface area contributed by atoms with Crippen LogP contribution in [0.1, 0.15) is 16.6 Å². The van der Waals surface area contributed by atoms with E-state index in [1.54, 1.807) is 0 Å². The molecule has 12 heteroatoms. The van der Waals surface area contributed by atoms with Gasteiger partial charge < -0.3 is 36.9 Å². The number of aliphatic hydroxyl groups is 3. The lowest BCUT2D eigenvalue weighted by atomic mass is 10.1. The number of rotatable bonds is 4. The van der Waals surface area contributed by atoms with Crippen LogP contribution in [0.5, 0.6) is 0 Å². The molecule has 4 atom stereocenters. The summed E-state index contributed by atoms with van der Waals surface area (Å²) in [4.78, 5) is 19.7. The van der Waals surface area contributed by atoms with Crippen LogP contribution in [-0.4, -0.2) is 60.7 Å². The third-order valence-electron chi connectivity index (χ3n) is 3.97. The molecule has 1 saturated heterocycles. The second-order valence-electron chi connectivity index (χ2n) is 5.29. The number of aliphatic hydroxyl groups excluding tert-OH is 3. The van der Waals surface area contributed by atoms with Gasteiger partial charge in [0.15, 0.2) is 6.23 Å². The Balaban J connectivity index is 2.29. The molecule has 2 aromatic heterocycles. The number of nitrogen functional groups attached to an aromatic ring is 2. The zero-order chi connectivity index (χ0) is 17.6. The van der Waals surface area contributed by atoms with Gasteiger partial charge in [0.1, 0.15) is 41.9 Å². The maximum absolute atomic E-state index is 11.9. The topological polar surface area (TPSA) is 208 Å². The number of amides is 1. The van der Waals surface area contributed by atoms with Gasteiger partial charge in [-0.15, -0.1) is 0 Å². The van der Waals surface area contributed by atoms with E-state index >= 15 is 0 Å². The van der Waals surface area contributed by atoms with Crippen molar-refractivity contribution in [3.63, 3.8) is 0 Å². The van der Waals surface area contributed by atoms with E-state index in [0.29, 0.717) is 0 Å². The molecule has 1 amide bonds. The zero-order valence-corrected chi connectivity index (χ0v) is 12.3. The van der Waals surface area contributed by atoms with Crippen molar-refractivity contribution in [1.29, 1.82) is 0 Å². The number of aromatic nitrogens is 3. The fourth-order valence-corrected chi connectivity index (χ4v) is 2.88. The summed E-state index contributed by atoms with van der Waals surface area (Å²) in [5.74, 6) is 4.62. The van der Waals surface area contributed by atoms with Crippen molar-refractivity contribution in [3.05, 3.63) is 11.9 Å². The van der Waals surface area contributed by atoms with Gasteiger partial charge in [-0.25, -0.2) is 15.8 Å². The maximum atomic E-state index is 11.9. The summed E-state index contributed by atoms with van der Waals surface area (Å²) >= 11 is 0. The van der Waals surface area contributed by atoms with Crippen molar-refractivity contribution in [3.8, 4) is 0 Å². The molecule has 0 aliphatic carbocycles. The lowest BCUT2D eigenvalue weighted by Gasteiger charge is -2.20. The molecular weight excluding hydrogens is 322 g/mol. The number of nitrogens with two attached hydrogens (primary N) is 3. The number of fused-ring (bicyclic) bond motifs is 1. The predicted octanol–water partition coefficient (Wildman–Crippen LogP) is -2.99. The number of primary amides is 1. The number of hydrogen-bond acceptors (Lipinski definition) is 10. The van der Waals surface area contributed by atoms with Gasteiger partial charge in [-0.1, -0.05) is 0 Å². The number of hydrogen-bond donors (Lipinski definition) is 7. The molecule has 1 aliphatic rings. The Labute approximate surface area is 134 Å². The molecule has 12 nitrogen and oxygen atoms in total. The standard InChI is InChI=1S/C12H17N7O5/c13-8-4-5(9(14)23)11(18-15)19(10(4)17-2-16-8)12-7(22)6(21)3(1-20)24-12/h2-3,6-7,12,18,20-22H,1,15H2,(H2,14,23)(H2,13,16,17)/t3-,6+,7+,12-/m0/s1. The van der Waals surface area contributed by atoms with Gasteiger partial charge in [-0.2, -0.15) is 0 Å². The van der Waals surface area contributed by atoms with Crippen LogP contribution in [0.25, 0.3) is 11.0 Å². The minimum Gasteiger partial charge on any atom is -0.394 e. The average Bonchev–Trinajstić information content (AvgIpc) is 3.03. The first-order chi connectivity index (χ1) is 11.4. The van der Waals surface area contributed by atoms with Crippen molar-refractivity contribution in [2.75, 3.05) is 17.8 Å². The molecule has 3 rings (SSSR count). The Morgan fingerprint density at radius 2 is 2.08 bits per heavy atom. The predicted molar refractivity (Wildman–Crippen MR) is 81.3 cm³/mol. The zero-order valence-electron chi connectivity index (χ0n) is 12.3. The Bertz CT molecular complexity index is 794. The minimum absolute atomic E-state index is 0.0143. The van der Waals surface area contributed by atoms with E-state index < -0.39 is 37.1 Å². The van der Waals surface area contributed by atoms with Gasteiger partial charge in [-0.3, -0.25) is 9.36 Å². The number of ether oxygens (including phenoxy) is 1. The SMILES string of the molecule is NNc1c(C(N)=O)c2c(N)ncnc2n1[C@H]1O[C@@H](CO)[C@@H](O)[C@H]1O. The molecule has 3 heterocycles. The van der Waals surface area contributed by atoms with Crippen molar-refractivity contribution in [1.82, 2.24) is 14.5 Å². The molecular formula is C12H17N7O5. The monoisotopic (exact) mass is 339 g/mol. The summed E-state index contributed by atoms with van der Waals surface area (Å²) in [7, 11) is 0. The second kappa shape index (κ2) is 5.85. The van der Waals surface area contributed by atoms with Gasteiger partial charge in [0.2, 0.25) is 0 Å². The highest BCUT2D eigenvalue weighted by molar-refractivity contribution is 6.13. The highest BCUT2D eigenvalue weighted by Gasteiger charge is 2.45. The second-order valence-corrected chi connectivity index (χ2v) is 5.29. The van der Waals surface area contributed by atoms with Gasteiger partial charge >= 0.3 is 0 Å². The first-order valence-electron chi connectivity index (χ1n) is 6.95. The molecule has 130 valence electrons. The molecule has 0 unspecified atom stereocenters. The molecule has 0 saturated carbocycles. The summed E-state index contributed by atoms with van der Waals surface area (Å²) < 4.78 is 6.72. The molecule has 1 aliphatic heterocycles. The van der Waals surface area contributed by atoms with Gasteiger partial charge in [0, 0.05) is 0 Å². The maximum Gasteiger partial charge on any atom is 0.253 e. The Kier molecular flexibility index (Phi) is 3.98. The van der Waals surface area contributed by atoms with Crippen LogP contribution in [0.15, 0.2) is 6.33 Å². The quantitative estimate of drug-likeness (QED) is 0.222. The summed E-state index contributed by atoms with van der Waals surface area (Å²) in [5.41, 5.74) is 13.6. The third kappa shape index (κ3) is 2.16. The van der Waals surface area contributed by atoms with Crippen LogP contribution in [0.2, 0.25) is 0 Å². The summed E-state index contributed by atoms with van der Waals surface area (Å²) in [6.07, 6.45) is -3.82. The molecule has 0 spiro atoms. The highest BCUT2D eigenvalue weighted by Crippen LogP contribution is 2.39. The van der Waals surface area contributed by atoms with Gasteiger partial charge in [0.05, 0.1) is 17.6 Å². The Morgan fingerprint density at radius 3 is 2.62 bits per heavy atom. The third-order valence-corrected chi connectivity index (χ3v) is 3.97. The summed E-state index contributed by atoms with van der Waals surface area (Å²) in [5, 5.41) is 29.6. The molecule has 2 aromatic rings. The smallest absolute Gasteiger partial charge is 0.253 e. The van der Waals surface area contributed by atoms with Crippen LogP contribution in [0.3, 0.4) is 0 Å². The largest absolute Gasteiger partial charge is 0.394 e. The molecule has 24 heavy (non-hydrogen) atoms. The van der Waals surface area contributed by atoms with E-state index in [4.69, 9.17) is 22.0 Å². The molecule has 0 radical (unpaired) electrons. The minimum atomic E-state index is -1.42. The van der Waals surface area contributed by atoms with Crippen molar-refractivity contribution in [2.24, 2.45) is 11.6 Å². The van der Waals surface area contributed by atoms with Gasteiger partial charge in [-0.05, 0) is 0 Å². The normalized spacial score (nSPS) is 26.8. The van der Waals surface area contributed by atoms with E-state index in [1.807, 2.05) is 0 Å². The molecule has 0 bridgehead atoms. The first-order valence-corrected chi connectivity index (χ1v) is 6.95. The summed E-state index contributed by atoms with van der Waals surface area (Å²) in [6.45, 7) is -0.515.